The summed E-state index contributed by atoms with van der Waals surface area (Å²) in [5.74, 6) is -1.27. The maximum absolute atomic E-state index is 11.7. The Balaban J connectivity index is 2.08. The molecule has 0 saturated carbocycles. The van der Waals surface area contributed by atoms with Crippen molar-refractivity contribution < 1.29 is 14.3 Å². The Labute approximate surface area is 105 Å². The van der Waals surface area contributed by atoms with E-state index in [0.29, 0.717) is 11.1 Å². The lowest BCUT2D eigenvalue weighted by atomic mass is 10.1. The highest BCUT2D eigenvalue weighted by molar-refractivity contribution is 6.02. The van der Waals surface area contributed by atoms with Crippen LogP contribution in [0.4, 0.5) is 0 Å². The third-order valence-corrected chi connectivity index (χ3v) is 2.48. The van der Waals surface area contributed by atoms with Crippen LogP contribution in [0.15, 0.2) is 54.6 Å². The molecule has 0 spiro atoms. The van der Waals surface area contributed by atoms with E-state index in [2.05, 4.69) is 0 Å². The second-order valence-corrected chi connectivity index (χ2v) is 3.91. The van der Waals surface area contributed by atoms with Gasteiger partial charge < -0.3 is 4.74 Å². The summed E-state index contributed by atoms with van der Waals surface area (Å²) in [6, 6.07) is 15.3. The van der Waals surface area contributed by atoms with Gasteiger partial charge in [-0.05, 0) is 31.2 Å². The first kappa shape index (κ1) is 12.0. The first-order valence-corrected chi connectivity index (χ1v) is 5.55. The number of aryl methyl sites for hydroxylation is 1. The number of hydrogen-bond acceptors (Lipinski definition) is 3. The van der Waals surface area contributed by atoms with Crippen LogP contribution in [0.5, 0.6) is 0 Å². The summed E-state index contributed by atoms with van der Waals surface area (Å²) in [4.78, 5) is 23.3. The highest BCUT2D eigenvalue weighted by atomic mass is 16.6. The Hall–Kier alpha value is -2.42. The number of carbonyl (C=O) groups is 2. The minimum Gasteiger partial charge on any atom is -0.386 e. The van der Waals surface area contributed by atoms with Gasteiger partial charge in [0, 0.05) is 0 Å². The molecule has 2 rings (SSSR count). The van der Waals surface area contributed by atoms with E-state index < -0.39 is 11.9 Å². The van der Waals surface area contributed by atoms with Gasteiger partial charge in [0.1, 0.15) is 0 Å². The third kappa shape index (κ3) is 2.83. The minimum absolute atomic E-state index is 0.359. The van der Waals surface area contributed by atoms with Gasteiger partial charge in [0.15, 0.2) is 0 Å². The average Bonchev–Trinajstić information content (AvgIpc) is 2.40. The summed E-state index contributed by atoms with van der Waals surface area (Å²) in [5.41, 5.74) is 1.77. The number of ether oxygens (including phenoxy) is 1. The SMILES string of the molecule is Cc1ccc(C(=O)OC(=O)c2ccccc2)cc1. The van der Waals surface area contributed by atoms with Crippen LogP contribution in [-0.4, -0.2) is 11.9 Å². The number of benzene rings is 2. The second-order valence-electron chi connectivity index (χ2n) is 3.91. The smallest absolute Gasteiger partial charge is 0.346 e. The molecular weight excluding hydrogens is 228 g/mol. The predicted molar refractivity (Wildman–Crippen MR) is 67.4 cm³/mol. The van der Waals surface area contributed by atoms with Crippen molar-refractivity contribution in [3.8, 4) is 0 Å². The number of carbonyl (C=O) groups excluding carboxylic acids is 2. The predicted octanol–water partition coefficient (Wildman–Crippen LogP) is 2.99. The van der Waals surface area contributed by atoms with Gasteiger partial charge in [0.2, 0.25) is 0 Å². The molecule has 0 N–H and O–H groups in total. The molecular formula is C15H12O3. The Kier molecular flexibility index (Phi) is 3.53. The molecule has 0 heterocycles. The Morgan fingerprint density at radius 3 is 1.83 bits per heavy atom. The summed E-state index contributed by atoms with van der Waals surface area (Å²) in [5, 5.41) is 0. The molecule has 90 valence electrons. The number of hydrogen-bond donors (Lipinski definition) is 0. The first-order valence-electron chi connectivity index (χ1n) is 5.55. The van der Waals surface area contributed by atoms with Gasteiger partial charge in [-0.15, -0.1) is 0 Å². The fraction of sp³-hybridized carbons (Fsp3) is 0.0667. The number of rotatable bonds is 2. The maximum Gasteiger partial charge on any atom is 0.346 e. The molecule has 0 radical (unpaired) electrons. The topological polar surface area (TPSA) is 43.4 Å². The van der Waals surface area contributed by atoms with E-state index >= 15 is 0 Å². The van der Waals surface area contributed by atoms with Crippen molar-refractivity contribution in [1.29, 1.82) is 0 Å². The third-order valence-electron chi connectivity index (χ3n) is 2.48. The molecule has 2 aromatic carbocycles. The first-order chi connectivity index (χ1) is 8.66. The molecule has 3 heteroatoms. The lowest BCUT2D eigenvalue weighted by Crippen LogP contribution is -2.12. The molecule has 0 fully saturated rings. The van der Waals surface area contributed by atoms with Crippen LogP contribution in [0.25, 0.3) is 0 Å². The van der Waals surface area contributed by atoms with Gasteiger partial charge in [0.25, 0.3) is 0 Å². The minimum atomic E-state index is -0.638. The average molecular weight is 240 g/mol. The molecule has 0 bridgehead atoms. The van der Waals surface area contributed by atoms with E-state index in [0.717, 1.165) is 5.56 Å². The van der Waals surface area contributed by atoms with Crippen molar-refractivity contribution in [2.24, 2.45) is 0 Å². The summed E-state index contributed by atoms with van der Waals surface area (Å²) >= 11 is 0. The van der Waals surface area contributed by atoms with Crippen LogP contribution in [-0.2, 0) is 4.74 Å². The Morgan fingerprint density at radius 2 is 1.28 bits per heavy atom. The van der Waals surface area contributed by atoms with Crippen molar-refractivity contribution in [3.63, 3.8) is 0 Å². The summed E-state index contributed by atoms with van der Waals surface area (Å²) in [6.07, 6.45) is 0. The van der Waals surface area contributed by atoms with E-state index in [9.17, 15) is 9.59 Å². The molecule has 0 aliphatic heterocycles. The fourth-order valence-electron chi connectivity index (χ4n) is 1.47. The fourth-order valence-corrected chi connectivity index (χ4v) is 1.47. The van der Waals surface area contributed by atoms with Gasteiger partial charge in [-0.2, -0.15) is 0 Å². The van der Waals surface area contributed by atoms with E-state index in [1.165, 1.54) is 0 Å². The van der Waals surface area contributed by atoms with Crippen molar-refractivity contribution in [1.82, 2.24) is 0 Å². The molecule has 0 atom stereocenters. The molecule has 0 unspecified atom stereocenters. The van der Waals surface area contributed by atoms with E-state index in [1.807, 2.05) is 6.92 Å². The van der Waals surface area contributed by atoms with Gasteiger partial charge in [-0.25, -0.2) is 9.59 Å². The Bertz CT molecular complexity index is 556. The highest BCUT2D eigenvalue weighted by Gasteiger charge is 2.14. The molecule has 0 aromatic heterocycles. The molecule has 2 aromatic rings. The maximum atomic E-state index is 11.7. The molecule has 0 aliphatic rings. The number of esters is 2. The van der Waals surface area contributed by atoms with Crippen LogP contribution >= 0.6 is 0 Å². The van der Waals surface area contributed by atoms with Crippen LogP contribution in [0.1, 0.15) is 26.3 Å². The van der Waals surface area contributed by atoms with Gasteiger partial charge in [-0.3, -0.25) is 0 Å². The van der Waals surface area contributed by atoms with Gasteiger partial charge in [-0.1, -0.05) is 35.9 Å². The highest BCUT2D eigenvalue weighted by Crippen LogP contribution is 2.07. The largest absolute Gasteiger partial charge is 0.386 e. The zero-order valence-corrected chi connectivity index (χ0v) is 9.92. The van der Waals surface area contributed by atoms with E-state index in [1.54, 1.807) is 54.6 Å². The zero-order valence-electron chi connectivity index (χ0n) is 9.92. The van der Waals surface area contributed by atoms with Crippen molar-refractivity contribution in [2.45, 2.75) is 6.92 Å². The molecule has 0 amide bonds. The van der Waals surface area contributed by atoms with Gasteiger partial charge >= 0.3 is 11.9 Å². The quantitative estimate of drug-likeness (QED) is 0.598. The van der Waals surface area contributed by atoms with Crippen LogP contribution in [0.2, 0.25) is 0 Å². The monoisotopic (exact) mass is 240 g/mol. The lowest BCUT2D eigenvalue weighted by Gasteiger charge is -2.03. The Morgan fingerprint density at radius 1 is 0.778 bits per heavy atom. The van der Waals surface area contributed by atoms with Gasteiger partial charge in [0.05, 0.1) is 11.1 Å². The summed E-state index contributed by atoms with van der Waals surface area (Å²) in [7, 11) is 0. The van der Waals surface area contributed by atoms with Crippen LogP contribution in [0.3, 0.4) is 0 Å². The second kappa shape index (κ2) is 5.27. The van der Waals surface area contributed by atoms with Crippen LogP contribution in [0, 0.1) is 6.92 Å². The lowest BCUT2D eigenvalue weighted by molar-refractivity contribution is 0.0398. The summed E-state index contributed by atoms with van der Waals surface area (Å²) < 4.78 is 4.78. The zero-order chi connectivity index (χ0) is 13.0. The van der Waals surface area contributed by atoms with Crippen molar-refractivity contribution in [3.05, 3.63) is 71.3 Å². The molecule has 3 nitrogen and oxygen atoms in total. The standard InChI is InChI=1S/C15H12O3/c1-11-7-9-13(10-8-11)15(17)18-14(16)12-5-3-2-4-6-12/h2-10H,1H3. The molecule has 0 aliphatic carbocycles. The molecule has 18 heavy (non-hydrogen) atoms. The van der Waals surface area contributed by atoms with E-state index in [-0.39, 0.29) is 0 Å². The molecule has 0 saturated heterocycles. The van der Waals surface area contributed by atoms with E-state index in [4.69, 9.17) is 4.74 Å². The van der Waals surface area contributed by atoms with Crippen molar-refractivity contribution in [2.75, 3.05) is 0 Å². The summed E-state index contributed by atoms with van der Waals surface area (Å²) in [6.45, 7) is 1.92. The van der Waals surface area contributed by atoms with Crippen LogP contribution < -0.4 is 0 Å². The van der Waals surface area contributed by atoms with Crippen molar-refractivity contribution >= 4 is 11.9 Å². The normalized spacial score (nSPS) is 9.83.